The Morgan fingerprint density at radius 3 is 1.67 bits per heavy atom. The summed E-state index contributed by atoms with van der Waals surface area (Å²) in [5.74, 6) is 0. The Morgan fingerprint density at radius 2 is 1.50 bits per heavy atom. The molecule has 12 heavy (non-hydrogen) atoms. The van der Waals surface area contributed by atoms with Gasteiger partial charge >= 0.3 is 7.60 Å². The number of halogens is 1. The van der Waals surface area contributed by atoms with E-state index in [1.807, 2.05) is 50.3 Å². The smallest absolute Gasteiger partial charge is 0.305 e. The van der Waals surface area contributed by atoms with E-state index in [1.165, 1.54) is 0 Å². The molecule has 3 nitrogen and oxygen atoms in total. The van der Waals surface area contributed by atoms with E-state index >= 15 is 0 Å². The average molecular weight is 306 g/mol. The van der Waals surface area contributed by atoms with E-state index in [0.717, 1.165) is 0 Å². The molecule has 0 atom stereocenters. The highest BCUT2D eigenvalue weighted by atomic mass is 127. The van der Waals surface area contributed by atoms with Crippen LogP contribution >= 0.6 is 30.2 Å². The highest BCUT2D eigenvalue weighted by molar-refractivity contribution is 14.1. The zero-order chi connectivity index (χ0) is 9.78. The molecule has 0 radical (unpaired) electrons. The number of alkyl halides is 1. The SMILES string of the molecule is CC(C)OP(=O)(CI)OC(C)C. The lowest BCUT2D eigenvalue weighted by atomic mass is 10.5. The molecule has 0 unspecified atom stereocenters. The molecule has 0 rings (SSSR count). The van der Waals surface area contributed by atoms with Gasteiger partial charge in [-0.2, -0.15) is 0 Å². The average Bonchev–Trinajstić information content (AvgIpc) is 1.83. The summed E-state index contributed by atoms with van der Waals surface area (Å²) in [6.07, 6.45) is -0.103. The Labute approximate surface area is 87.9 Å². The second kappa shape index (κ2) is 5.58. The quantitative estimate of drug-likeness (QED) is 0.443. The number of hydrogen-bond acceptors (Lipinski definition) is 3. The normalized spacial score (nSPS) is 12.9. The van der Waals surface area contributed by atoms with Crippen LogP contribution in [0.5, 0.6) is 0 Å². The van der Waals surface area contributed by atoms with Crippen molar-refractivity contribution < 1.29 is 13.6 Å². The molecule has 0 aliphatic carbocycles. The zero-order valence-corrected chi connectivity index (χ0v) is 11.0. The molecular weight excluding hydrogens is 290 g/mol. The van der Waals surface area contributed by atoms with Crippen LogP contribution in [0.25, 0.3) is 0 Å². The van der Waals surface area contributed by atoms with Gasteiger partial charge in [0.05, 0.1) is 12.2 Å². The van der Waals surface area contributed by atoms with Crippen molar-refractivity contribution >= 4 is 30.2 Å². The van der Waals surface area contributed by atoms with Crippen LogP contribution in [0.3, 0.4) is 0 Å². The first kappa shape index (κ1) is 12.9. The minimum atomic E-state index is -2.83. The second-order valence-electron chi connectivity index (χ2n) is 3.04. The van der Waals surface area contributed by atoms with E-state index in [1.54, 1.807) is 0 Å². The molecule has 0 aliphatic heterocycles. The van der Waals surface area contributed by atoms with Crippen molar-refractivity contribution in [3.05, 3.63) is 0 Å². The van der Waals surface area contributed by atoms with Gasteiger partial charge < -0.3 is 9.05 Å². The fourth-order valence-electron chi connectivity index (χ4n) is 0.724. The Bertz CT molecular complexity index is 156. The van der Waals surface area contributed by atoms with Crippen molar-refractivity contribution in [3.8, 4) is 0 Å². The third kappa shape index (κ3) is 5.51. The Hall–Kier alpha value is 0.880. The second-order valence-corrected chi connectivity index (χ2v) is 6.97. The lowest BCUT2D eigenvalue weighted by Crippen LogP contribution is -2.08. The fraction of sp³-hybridized carbons (Fsp3) is 1.00. The third-order valence-corrected chi connectivity index (χ3v) is 5.17. The van der Waals surface area contributed by atoms with Crippen molar-refractivity contribution in [3.63, 3.8) is 0 Å². The minimum Gasteiger partial charge on any atom is -0.305 e. The van der Waals surface area contributed by atoms with Crippen LogP contribution in [0.1, 0.15) is 27.7 Å². The molecule has 0 spiro atoms. The highest BCUT2D eigenvalue weighted by Crippen LogP contribution is 2.51. The molecule has 0 N–H and O–H groups in total. The maximum absolute atomic E-state index is 11.8. The molecule has 5 heteroatoms. The number of hydrogen-bond donors (Lipinski definition) is 0. The summed E-state index contributed by atoms with van der Waals surface area (Å²) in [7, 11) is -2.83. The predicted molar refractivity (Wildman–Crippen MR) is 58.9 cm³/mol. The van der Waals surface area contributed by atoms with Crippen molar-refractivity contribution in [1.29, 1.82) is 0 Å². The lowest BCUT2D eigenvalue weighted by molar-refractivity contribution is 0.146. The van der Waals surface area contributed by atoms with E-state index < -0.39 is 7.60 Å². The van der Waals surface area contributed by atoms with Crippen molar-refractivity contribution in [2.75, 3.05) is 4.17 Å². The third-order valence-electron chi connectivity index (χ3n) is 0.889. The van der Waals surface area contributed by atoms with Gasteiger partial charge in [-0.3, -0.25) is 4.57 Å². The Morgan fingerprint density at radius 1 is 1.17 bits per heavy atom. The first-order valence-corrected chi connectivity index (χ1v) is 7.17. The zero-order valence-electron chi connectivity index (χ0n) is 7.91. The van der Waals surface area contributed by atoms with E-state index in [4.69, 9.17) is 9.05 Å². The summed E-state index contributed by atoms with van der Waals surface area (Å²) in [4.78, 5) is 0. The highest BCUT2D eigenvalue weighted by Gasteiger charge is 2.25. The van der Waals surface area contributed by atoms with Gasteiger partial charge in [0.2, 0.25) is 0 Å². The number of rotatable bonds is 5. The van der Waals surface area contributed by atoms with Crippen molar-refractivity contribution in [2.45, 2.75) is 39.9 Å². The minimum absolute atomic E-state index is 0.0515. The molecule has 0 saturated heterocycles. The van der Waals surface area contributed by atoms with Gasteiger partial charge in [-0.1, -0.05) is 22.6 Å². The first-order valence-electron chi connectivity index (χ1n) is 3.91. The van der Waals surface area contributed by atoms with Gasteiger partial charge in [-0.05, 0) is 27.7 Å². The molecule has 0 heterocycles. The Kier molecular flexibility index (Phi) is 5.99. The van der Waals surface area contributed by atoms with E-state index in [0.29, 0.717) is 4.17 Å². The van der Waals surface area contributed by atoms with Crippen LogP contribution < -0.4 is 0 Å². The molecule has 0 saturated carbocycles. The van der Waals surface area contributed by atoms with Gasteiger partial charge in [-0.15, -0.1) is 0 Å². The molecule has 0 aliphatic rings. The van der Waals surface area contributed by atoms with Gasteiger partial charge in [0.1, 0.15) is 4.17 Å². The van der Waals surface area contributed by atoms with Crippen molar-refractivity contribution in [1.82, 2.24) is 0 Å². The van der Waals surface area contributed by atoms with Crippen LogP contribution in [0.2, 0.25) is 0 Å². The molecule has 0 bridgehead atoms. The molecule has 0 aromatic rings. The van der Waals surface area contributed by atoms with Crippen LogP contribution in [-0.4, -0.2) is 16.4 Å². The summed E-state index contributed by atoms with van der Waals surface area (Å²) < 4.78 is 22.6. The predicted octanol–water partition coefficient (Wildman–Crippen LogP) is 3.42. The van der Waals surface area contributed by atoms with E-state index in [9.17, 15) is 4.57 Å². The van der Waals surface area contributed by atoms with Crippen LogP contribution in [0.4, 0.5) is 0 Å². The summed E-state index contributed by atoms with van der Waals surface area (Å²) in [6, 6.07) is 0. The maximum atomic E-state index is 11.8. The molecule has 74 valence electrons. The van der Waals surface area contributed by atoms with Crippen molar-refractivity contribution in [2.24, 2.45) is 0 Å². The van der Waals surface area contributed by atoms with E-state index in [2.05, 4.69) is 0 Å². The Balaban J connectivity index is 4.15. The van der Waals surface area contributed by atoms with Gasteiger partial charge in [-0.25, -0.2) is 0 Å². The topological polar surface area (TPSA) is 35.5 Å². The van der Waals surface area contributed by atoms with Gasteiger partial charge in [0.15, 0.2) is 0 Å². The summed E-state index contributed by atoms with van der Waals surface area (Å²) >= 11 is 2.02. The monoisotopic (exact) mass is 306 g/mol. The maximum Gasteiger partial charge on any atom is 0.340 e. The van der Waals surface area contributed by atoms with Gasteiger partial charge in [0.25, 0.3) is 0 Å². The molecule has 0 aromatic heterocycles. The fourth-order valence-corrected chi connectivity index (χ4v) is 3.14. The molecule has 0 fully saturated rings. The molecular formula is C7H16IO3P. The molecule has 0 amide bonds. The standard InChI is InChI=1S/C7H16IO3P/c1-6(2)10-12(9,5-8)11-7(3)4/h6-7H,5H2,1-4H3. The molecule has 0 aromatic carbocycles. The summed E-state index contributed by atoms with van der Waals surface area (Å²) in [5, 5.41) is 0. The van der Waals surface area contributed by atoms with E-state index in [-0.39, 0.29) is 12.2 Å². The van der Waals surface area contributed by atoms with Gasteiger partial charge in [0, 0.05) is 0 Å². The van der Waals surface area contributed by atoms with Crippen LogP contribution in [-0.2, 0) is 13.6 Å². The van der Waals surface area contributed by atoms with Crippen LogP contribution in [0.15, 0.2) is 0 Å². The summed E-state index contributed by atoms with van der Waals surface area (Å²) in [6.45, 7) is 7.40. The summed E-state index contributed by atoms with van der Waals surface area (Å²) in [5.41, 5.74) is 0. The first-order chi connectivity index (χ1) is 5.39. The largest absolute Gasteiger partial charge is 0.340 e. The van der Waals surface area contributed by atoms with Crippen LogP contribution in [0, 0.1) is 0 Å². The lowest BCUT2D eigenvalue weighted by Gasteiger charge is -2.20.